The van der Waals surface area contributed by atoms with Crippen molar-refractivity contribution >= 4 is 17.8 Å². The Hall–Kier alpha value is -3.17. The fraction of sp³-hybridized carbons (Fsp3) is 0.897. The van der Waals surface area contributed by atoms with Crippen molar-refractivity contribution in [3.63, 3.8) is 0 Å². The van der Waals surface area contributed by atoms with Gasteiger partial charge in [-0.25, -0.2) is 4.79 Å². The Morgan fingerprint density at radius 1 is 0.540 bits per heavy atom. The van der Waals surface area contributed by atoms with Crippen LogP contribution in [0.3, 0.4) is 0 Å². The lowest BCUT2D eigenvalue weighted by atomic mass is 10.4. The first-order valence-corrected chi connectivity index (χ1v) is 16.6. The number of azide groups is 2. The number of hydroxylamine groups is 2. The van der Waals surface area contributed by atoms with Crippen LogP contribution in [0, 0.1) is 0 Å². The third kappa shape index (κ3) is 27.6. The van der Waals surface area contributed by atoms with Gasteiger partial charge in [0.25, 0.3) is 11.8 Å². The molecule has 0 unspecified atom stereocenters. The number of ether oxygens (including phenoxy) is 9. The first-order valence-electron chi connectivity index (χ1n) is 16.6. The average molecular weight is 721 g/mol. The van der Waals surface area contributed by atoms with Gasteiger partial charge >= 0.3 is 5.97 Å². The molecular formula is C29H52N8O13. The zero-order valence-electron chi connectivity index (χ0n) is 28.8. The molecule has 21 nitrogen and oxygen atoms in total. The molecule has 1 heterocycles. The second-order valence-electron chi connectivity index (χ2n) is 10.1. The lowest BCUT2D eigenvalue weighted by molar-refractivity contribution is -0.198. The van der Waals surface area contributed by atoms with Crippen LogP contribution in [0.1, 0.15) is 19.3 Å². The van der Waals surface area contributed by atoms with Crippen LogP contribution >= 0.6 is 0 Å². The molecule has 1 fully saturated rings. The molecule has 0 aromatic carbocycles. The maximum atomic E-state index is 11.8. The van der Waals surface area contributed by atoms with Gasteiger partial charge in [-0.2, -0.15) is 0 Å². The number of rotatable bonds is 37. The van der Waals surface area contributed by atoms with Gasteiger partial charge in [0.15, 0.2) is 0 Å². The first-order chi connectivity index (χ1) is 24.6. The number of carbonyl (C=O) groups excluding carboxylic acids is 3. The van der Waals surface area contributed by atoms with E-state index in [2.05, 4.69) is 25.0 Å². The fourth-order valence-corrected chi connectivity index (χ4v) is 3.80. The van der Waals surface area contributed by atoms with Crippen LogP contribution in [0.25, 0.3) is 20.9 Å². The Kier molecular flexibility index (Phi) is 30.8. The van der Waals surface area contributed by atoms with E-state index in [0.29, 0.717) is 143 Å². The summed E-state index contributed by atoms with van der Waals surface area (Å²) in [6.07, 6.45) is -0.00260. The Morgan fingerprint density at radius 3 is 1.22 bits per heavy atom. The summed E-state index contributed by atoms with van der Waals surface area (Å²) in [5, 5.41) is 7.29. The van der Waals surface area contributed by atoms with Gasteiger partial charge in [-0.3, -0.25) is 14.5 Å². The summed E-state index contributed by atoms with van der Waals surface area (Å²) in [5.74, 6) is -1.76. The van der Waals surface area contributed by atoms with Gasteiger partial charge in [0.2, 0.25) is 0 Å². The smallest absolute Gasteiger partial charge is 0.335 e. The minimum atomic E-state index is -0.713. The number of carbonyl (C=O) groups is 3. The van der Waals surface area contributed by atoms with E-state index in [1.807, 2.05) is 0 Å². The zero-order chi connectivity index (χ0) is 36.2. The molecule has 1 aliphatic rings. The third-order valence-corrected chi connectivity index (χ3v) is 6.33. The van der Waals surface area contributed by atoms with Crippen LogP contribution in [0.2, 0.25) is 0 Å². The molecule has 1 rings (SSSR count). The van der Waals surface area contributed by atoms with E-state index >= 15 is 0 Å². The molecule has 0 aromatic rings. The van der Waals surface area contributed by atoms with Crippen LogP contribution < -0.4 is 0 Å². The van der Waals surface area contributed by atoms with E-state index in [1.54, 1.807) is 0 Å². The molecule has 0 radical (unpaired) electrons. The molecule has 1 aliphatic heterocycles. The largest absolute Gasteiger partial charge is 0.379 e. The molecule has 0 spiro atoms. The lowest BCUT2D eigenvalue weighted by Crippen LogP contribution is -2.34. The minimum absolute atomic E-state index is 0.0455. The van der Waals surface area contributed by atoms with Gasteiger partial charge in [-0.1, -0.05) is 10.2 Å². The summed E-state index contributed by atoms with van der Waals surface area (Å²) in [6, 6.07) is 0. The van der Waals surface area contributed by atoms with Crippen molar-refractivity contribution in [1.82, 2.24) is 9.96 Å². The number of hydrogen-bond acceptors (Lipinski definition) is 16. The summed E-state index contributed by atoms with van der Waals surface area (Å²) in [7, 11) is 0. The van der Waals surface area contributed by atoms with Gasteiger partial charge in [0.1, 0.15) is 0 Å². The highest BCUT2D eigenvalue weighted by Gasteiger charge is 2.32. The molecule has 0 N–H and O–H groups in total. The Morgan fingerprint density at radius 2 is 0.860 bits per heavy atom. The quantitative estimate of drug-likeness (QED) is 0.0286. The van der Waals surface area contributed by atoms with Gasteiger partial charge in [0, 0.05) is 55.4 Å². The lowest BCUT2D eigenvalue weighted by Gasteiger charge is -2.22. The van der Waals surface area contributed by atoms with Crippen molar-refractivity contribution in [3.8, 4) is 0 Å². The second kappa shape index (κ2) is 34.3. The van der Waals surface area contributed by atoms with Gasteiger partial charge in [0.05, 0.1) is 125 Å². The summed E-state index contributed by atoms with van der Waals surface area (Å²) < 4.78 is 49.4. The Labute approximate surface area is 291 Å². The van der Waals surface area contributed by atoms with Crippen molar-refractivity contribution in [2.24, 2.45) is 10.2 Å². The molecule has 0 atom stereocenters. The van der Waals surface area contributed by atoms with E-state index < -0.39 is 17.8 Å². The average Bonchev–Trinajstić information content (AvgIpc) is 3.43. The van der Waals surface area contributed by atoms with Crippen molar-refractivity contribution in [2.75, 3.05) is 152 Å². The van der Waals surface area contributed by atoms with E-state index in [0.717, 1.165) is 0 Å². The van der Waals surface area contributed by atoms with Gasteiger partial charge in [-0.05, 0) is 11.1 Å². The summed E-state index contributed by atoms with van der Waals surface area (Å²) in [5.41, 5.74) is 16.4. The fourth-order valence-electron chi connectivity index (χ4n) is 3.80. The molecular weight excluding hydrogens is 668 g/mol. The van der Waals surface area contributed by atoms with Gasteiger partial charge in [-0.15, -0.1) is 5.06 Å². The topological polar surface area (TPSA) is 248 Å². The molecule has 1 saturated heterocycles. The Bertz CT molecular complexity index is 931. The maximum absolute atomic E-state index is 11.8. The van der Waals surface area contributed by atoms with Crippen molar-refractivity contribution < 1.29 is 61.9 Å². The monoisotopic (exact) mass is 720 g/mol. The molecule has 286 valence electrons. The molecule has 50 heavy (non-hydrogen) atoms. The molecule has 21 heteroatoms. The number of imide groups is 1. The summed E-state index contributed by atoms with van der Waals surface area (Å²) in [6.45, 7) is 9.64. The number of hydrogen-bond donors (Lipinski definition) is 0. The molecule has 2 amide bonds. The van der Waals surface area contributed by atoms with Crippen LogP contribution in [-0.4, -0.2) is 179 Å². The SMILES string of the molecule is [N-]=[N+]=NCCOCCOCCOCCN(CCOCCOCCOCCN=[N+]=[N-])CCOCCOCCOCCC(=O)ON1C(=O)CCC1=O. The highest BCUT2D eigenvalue weighted by atomic mass is 16.7. The van der Waals surface area contributed by atoms with Crippen LogP contribution in [0.15, 0.2) is 10.2 Å². The summed E-state index contributed by atoms with van der Waals surface area (Å²) in [4.78, 5) is 47.0. The van der Waals surface area contributed by atoms with E-state index in [1.165, 1.54) is 0 Å². The first kappa shape index (κ1) is 44.9. The van der Waals surface area contributed by atoms with E-state index in [4.69, 9.17) is 58.5 Å². The van der Waals surface area contributed by atoms with E-state index in [9.17, 15) is 14.4 Å². The third-order valence-electron chi connectivity index (χ3n) is 6.33. The van der Waals surface area contributed by atoms with Crippen molar-refractivity contribution in [3.05, 3.63) is 20.9 Å². The highest BCUT2D eigenvalue weighted by Crippen LogP contribution is 2.12. The minimum Gasteiger partial charge on any atom is -0.379 e. The molecule has 0 aromatic heterocycles. The van der Waals surface area contributed by atoms with Crippen LogP contribution in [0.4, 0.5) is 0 Å². The maximum Gasteiger partial charge on any atom is 0.335 e. The van der Waals surface area contributed by atoms with Gasteiger partial charge < -0.3 is 47.5 Å². The Balaban J connectivity index is 2.11. The highest BCUT2D eigenvalue weighted by molar-refractivity contribution is 6.01. The normalized spacial score (nSPS) is 12.8. The number of amides is 2. The van der Waals surface area contributed by atoms with Crippen LogP contribution in [0.5, 0.6) is 0 Å². The molecule has 0 bridgehead atoms. The number of nitrogens with zero attached hydrogens (tertiary/aromatic N) is 8. The van der Waals surface area contributed by atoms with Crippen molar-refractivity contribution in [2.45, 2.75) is 19.3 Å². The second-order valence-corrected chi connectivity index (χ2v) is 10.1. The predicted molar refractivity (Wildman–Crippen MR) is 174 cm³/mol. The summed E-state index contributed by atoms with van der Waals surface area (Å²) >= 11 is 0. The zero-order valence-corrected chi connectivity index (χ0v) is 28.8. The van der Waals surface area contributed by atoms with E-state index in [-0.39, 0.29) is 32.5 Å². The molecule has 0 saturated carbocycles. The molecule has 0 aliphatic carbocycles. The predicted octanol–water partition coefficient (Wildman–Crippen LogP) is 1.06. The van der Waals surface area contributed by atoms with Crippen LogP contribution in [-0.2, 0) is 61.9 Å². The van der Waals surface area contributed by atoms with Crippen molar-refractivity contribution in [1.29, 1.82) is 0 Å². The standard InChI is InChI=1S/C29H52N8O13/c30-34-32-4-10-42-16-22-48-25-19-45-13-7-36(8-14-46-20-26-49-23-17-43-11-5-33-35-31)6-12-44-18-24-47-21-15-41-9-3-29(40)50-37-27(38)1-2-28(37)39/h1-26H2.